The first-order valence-corrected chi connectivity index (χ1v) is 4.58. The van der Waals surface area contributed by atoms with Gasteiger partial charge in [0, 0.05) is 0 Å². The summed E-state index contributed by atoms with van der Waals surface area (Å²) < 4.78 is 4.94. The molecule has 1 saturated heterocycles. The highest BCUT2D eigenvalue weighted by Gasteiger charge is 2.51. The lowest BCUT2D eigenvalue weighted by Gasteiger charge is -2.47. The van der Waals surface area contributed by atoms with E-state index in [9.17, 15) is 20.2 Å². The molecule has 0 saturated carbocycles. The van der Waals surface area contributed by atoms with Gasteiger partial charge in [0.15, 0.2) is 0 Å². The third kappa shape index (κ3) is 2.30. The molecule has 92 valence electrons. The Kier molecular flexibility index (Phi) is 3.48. The van der Waals surface area contributed by atoms with Crippen molar-refractivity contribution in [1.82, 2.24) is 0 Å². The van der Waals surface area contributed by atoms with Crippen molar-refractivity contribution in [2.45, 2.75) is 26.1 Å². The average Bonchev–Trinajstić information content (AvgIpc) is 1.97. The molecule has 1 fully saturated rings. The van der Waals surface area contributed by atoms with Crippen LogP contribution >= 0.6 is 0 Å². The van der Waals surface area contributed by atoms with E-state index in [0.717, 1.165) is 0 Å². The van der Waals surface area contributed by atoms with E-state index in [1.165, 1.54) is 13.8 Å². The highest BCUT2D eigenvalue weighted by Crippen LogP contribution is 2.38. The predicted molar refractivity (Wildman–Crippen MR) is 48.3 cm³/mol. The molecular weight excluding hydrogens is 224 g/mol. The third-order valence-corrected chi connectivity index (χ3v) is 2.85. The topological polar surface area (TPSA) is 114 Å². The molecule has 0 bridgehead atoms. The minimum Gasteiger partial charge on any atom is -0.380 e. The van der Waals surface area contributed by atoms with Crippen LogP contribution in [0.1, 0.15) is 13.8 Å². The van der Waals surface area contributed by atoms with Gasteiger partial charge in [-0.25, -0.2) is 0 Å². The molecule has 0 aromatic carbocycles. The molecule has 1 aliphatic heterocycles. The summed E-state index contributed by atoms with van der Waals surface area (Å²) in [6.07, 6.45) is -1.66. The van der Waals surface area contributed by atoms with Crippen molar-refractivity contribution >= 4 is 0 Å². The second kappa shape index (κ2) is 4.47. The molecule has 9 nitrogen and oxygen atoms in total. The Labute approximate surface area is 90.5 Å². The largest absolute Gasteiger partial charge is 0.380 e. The van der Waals surface area contributed by atoms with E-state index >= 15 is 0 Å². The lowest BCUT2D eigenvalue weighted by atomic mass is 9.76. The molecule has 0 radical (unpaired) electrons. The summed E-state index contributed by atoms with van der Waals surface area (Å²) in [4.78, 5) is 29.2. The zero-order valence-electron chi connectivity index (χ0n) is 8.82. The Morgan fingerprint density at radius 1 is 1.12 bits per heavy atom. The van der Waals surface area contributed by atoms with Crippen LogP contribution in [0.3, 0.4) is 0 Å². The van der Waals surface area contributed by atoms with Crippen LogP contribution in [0.5, 0.6) is 0 Å². The van der Waals surface area contributed by atoms with Gasteiger partial charge in [0.05, 0.1) is 18.6 Å². The molecule has 0 aromatic rings. The van der Waals surface area contributed by atoms with Gasteiger partial charge < -0.3 is 14.4 Å². The highest BCUT2D eigenvalue weighted by atomic mass is 17.0. The van der Waals surface area contributed by atoms with Gasteiger partial charge in [0.2, 0.25) is 0 Å². The fourth-order valence-electron chi connectivity index (χ4n) is 1.61. The first-order valence-electron chi connectivity index (χ1n) is 4.58. The van der Waals surface area contributed by atoms with Crippen LogP contribution in [0, 0.1) is 25.6 Å². The molecule has 0 aromatic heterocycles. The molecule has 0 amide bonds. The van der Waals surface area contributed by atoms with E-state index in [1.54, 1.807) is 0 Å². The van der Waals surface area contributed by atoms with Gasteiger partial charge in [-0.2, -0.15) is 0 Å². The molecule has 1 aliphatic rings. The Balaban J connectivity index is 2.68. The summed E-state index contributed by atoms with van der Waals surface area (Å²) in [7, 11) is 0. The van der Waals surface area contributed by atoms with Gasteiger partial charge in [-0.05, 0) is 13.8 Å². The van der Waals surface area contributed by atoms with Crippen molar-refractivity contribution < 1.29 is 24.6 Å². The van der Waals surface area contributed by atoms with Gasteiger partial charge in [0.1, 0.15) is 12.2 Å². The van der Waals surface area contributed by atoms with E-state index in [0.29, 0.717) is 0 Å². The first kappa shape index (κ1) is 12.4. The third-order valence-electron chi connectivity index (χ3n) is 2.85. The summed E-state index contributed by atoms with van der Waals surface area (Å²) in [5.41, 5.74) is -0.847. The molecule has 2 unspecified atom stereocenters. The Morgan fingerprint density at radius 3 is 1.69 bits per heavy atom. The summed E-state index contributed by atoms with van der Waals surface area (Å²) in [6.45, 7) is 3.20. The number of rotatable bonds is 6. The zero-order chi connectivity index (χ0) is 12.3. The molecule has 1 heterocycles. The normalized spacial score (nSPS) is 21.4. The quantitative estimate of drug-likeness (QED) is 0.477. The van der Waals surface area contributed by atoms with Crippen LogP contribution < -0.4 is 0 Å². The van der Waals surface area contributed by atoms with Crippen LogP contribution in [0.4, 0.5) is 0 Å². The van der Waals surface area contributed by atoms with Crippen LogP contribution in [-0.2, 0) is 14.4 Å². The minimum atomic E-state index is -0.927. The van der Waals surface area contributed by atoms with Gasteiger partial charge >= 0.3 is 0 Å². The zero-order valence-corrected chi connectivity index (χ0v) is 8.82. The predicted octanol–water partition coefficient (Wildman–Crippen LogP) is 0.197. The lowest BCUT2D eigenvalue weighted by Crippen LogP contribution is -2.59. The maximum atomic E-state index is 10.2. The number of hydrogen-bond donors (Lipinski definition) is 0. The number of nitrogens with zero attached hydrogens (tertiary/aromatic N) is 2. The van der Waals surface area contributed by atoms with E-state index in [1.807, 2.05) is 0 Å². The van der Waals surface area contributed by atoms with E-state index < -0.39 is 27.8 Å². The minimum absolute atomic E-state index is 0.136. The standard InChI is InChI=1S/C7H12N2O7/c1-5(15-8(10)11)7(3-14-4-7)6(2)16-9(12)13/h5-6H,3-4H2,1-2H3. The maximum absolute atomic E-state index is 10.2. The van der Waals surface area contributed by atoms with Gasteiger partial charge in [-0.15, -0.1) is 20.2 Å². The monoisotopic (exact) mass is 236 g/mol. The van der Waals surface area contributed by atoms with E-state index in [-0.39, 0.29) is 13.2 Å². The summed E-state index contributed by atoms with van der Waals surface area (Å²) >= 11 is 0. The van der Waals surface area contributed by atoms with Gasteiger partial charge in [-0.1, -0.05) is 0 Å². The summed E-state index contributed by atoms with van der Waals surface area (Å²) in [5.74, 6) is 0. The van der Waals surface area contributed by atoms with Gasteiger partial charge in [-0.3, -0.25) is 0 Å². The summed E-state index contributed by atoms with van der Waals surface area (Å²) in [6, 6.07) is 0. The smallest absolute Gasteiger partial charge is 0.294 e. The number of hydrogen-bond acceptors (Lipinski definition) is 7. The van der Waals surface area contributed by atoms with Crippen LogP contribution in [0.2, 0.25) is 0 Å². The SMILES string of the molecule is CC(O[N+](=O)[O-])C1(C(C)O[N+](=O)[O-])COC1. The van der Waals surface area contributed by atoms with Crippen molar-refractivity contribution in [2.24, 2.45) is 5.41 Å². The van der Waals surface area contributed by atoms with Crippen LogP contribution in [-0.4, -0.2) is 35.6 Å². The molecule has 0 aliphatic carbocycles. The Morgan fingerprint density at radius 2 is 1.50 bits per heavy atom. The molecule has 9 heteroatoms. The van der Waals surface area contributed by atoms with Gasteiger partial charge in [0.25, 0.3) is 10.2 Å². The van der Waals surface area contributed by atoms with Crippen molar-refractivity contribution in [3.63, 3.8) is 0 Å². The average molecular weight is 236 g/mol. The summed E-state index contributed by atoms with van der Waals surface area (Å²) in [5, 5.41) is 18.6. The highest BCUT2D eigenvalue weighted by molar-refractivity contribution is 4.95. The second-order valence-electron chi connectivity index (χ2n) is 3.67. The first-order chi connectivity index (χ1) is 7.38. The van der Waals surface area contributed by atoms with E-state index in [2.05, 4.69) is 9.68 Å². The maximum Gasteiger partial charge on any atom is 0.294 e. The fraction of sp³-hybridized carbons (Fsp3) is 1.00. The Bertz CT molecular complexity index is 266. The van der Waals surface area contributed by atoms with Crippen molar-refractivity contribution in [1.29, 1.82) is 0 Å². The molecule has 1 rings (SSSR count). The molecule has 0 N–H and O–H groups in total. The Hall–Kier alpha value is -1.64. The molecular formula is C7H12N2O7. The number of ether oxygens (including phenoxy) is 1. The fourth-order valence-corrected chi connectivity index (χ4v) is 1.61. The van der Waals surface area contributed by atoms with Crippen LogP contribution in [0.25, 0.3) is 0 Å². The van der Waals surface area contributed by atoms with Crippen molar-refractivity contribution in [2.75, 3.05) is 13.2 Å². The lowest BCUT2D eigenvalue weighted by molar-refractivity contribution is -0.788. The van der Waals surface area contributed by atoms with E-state index in [4.69, 9.17) is 4.74 Å². The second-order valence-corrected chi connectivity index (χ2v) is 3.67. The molecule has 16 heavy (non-hydrogen) atoms. The molecule has 2 atom stereocenters. The van der Waals surface area contributed by atoms with Crippen LogP contribution in [0.15, 0.2) is 0 Å². The molecule has 0 spiro atoms. The van der Waals surface area contributed by atoms with Crippen molar-refractivity contribution in [3.05, 3.63) is 20.2 Å². The van der Waals surface area contributed by atoms with Crippen molar-refractivity contribution in [3.8, 4) is 0 Å².